The van der Waals surface area contributed by atoms with Crippen molar-refractivity contribution in [1.29, 1.82) is 0 Å². The summed E-state index contributed by atoms with van der Waals surface area (Å²) in [4.78, 5) is 24.9. The zero-order valence-electron chi connectivity index (χ0n) is 10.4. The number of rotatable bonds is 3. The quantitative estimate of drug-likeness (QED) is 0.712. The van der Waals surface area contributed by atoms with Crippen molar-refractivity contribution < 1.29 is 9.59 Å². The minimum absolute atomic E-state index is 0.00695. The Kier molecular flexibility index (Phi) is 3.99. The fourth-order valence-electron chi connectivity index (χ4n) is 2.48. The first-order valence-corrected chi connectivity index (χ1v) is 6.40. The molecule has 2 aliphatic heterocycles. The molecule has 0 aromatic carbocycles. The molecule has 0 aromatic heterocycles. The predicted molar refractivity (Wildman–Crippen MR) is 64.4 cm³/mol. The summed E-state index contributed by atoms with van der Waals surface area (Å²) < 4.78 is 0. The third-order valence-electron chi connectivity index (χ3n) is 3.51. The van der Waals surface area contributed by atoms with E-state index in [4.69, 9.17) is 0 Å². The van der Waals surface area contributed by atoms with Gasteiger partial charge in [0.05, 0.1) is 0 Å². The van der Waals surface area contributed by atoms with Crippen molar-refractivity contribution in [2.45, 2.75) is 32.2 Å². The maximum Gasteiger partial charge on any atom is 0.223 e. The third-order valence-corrected chi connectivity index (χ3v) is 3.51. The molecule has 2 saturated heterocycles. The minimum atomic E-state index is -0.00695. The van der Waals surface area contributed by atoms with Crippen LogP contribution in [0, 0.1) is 5.92 Å². The van der Waals surface area contributed by atoms with Crippen LogP contribution in [-0.4, -0.2) is 48.9 Å². The average Bonchev–Trinajstić information content (AvgIpc) is 2.22. The molecule has 1 atom stereocenters. The first-order valence-electron chi connectivity index (χ1n) is 6.40. The highest BCUT2D eigenvalue weighted by atomic mass is 16.2. The van der Waals surface area contributed by atoms with E-state index in [1.54, 1.807) is 0 Å². The molecule has 0 saturated carbocycles. The monoisotopic (exact) mass is 239 g/mol. The van der Waals surface area contributed by atoms with Crippen LogP contribution in [0.2, 0.25) is 0 Å². The van der Waals surface area contributed by atoms with E-state index in [1.807, 2.05) is 4.90 Å². The molecular weight excluding hydrogens is 218 g/mol. The summed E-state index contributed by atoms with van der Waals surface area (Å²) in [5.41, 5.74) is 0. The summed E-state index contributed by atoms with van der Waals surface area (Å²) in [5.74, 6) is 0.752. The Morgan fingerprint density at radius 3 is 2.76 bits per heavy atom. The molecule has 0 bridgehead atoms. The molecule has 2 rings (SSSR count). The second kappa shape index (κ2) is 5.49. The summed E-state index contributed by atoms with van der Waals surface area (Å²) in [6.45, 7) is 4.98. The SMILES string of the molecule is CC(=O)NC1CCCN(C(=O)CC2CNC2)C1. The van der Waals surface area contributed by atoms with Crippen LogP contribution in [0.25, 0.3) is 0 Å². The molecule has 2 fully saturated rings. The molecule has 5 nitrogen and oxygen atoms in total. The number of likely N-dealkylation sites (tertiary alicyclic amines) is 1. The Hall–Kier alpha value is -1.10. The zero-order valence-corrected chi connectivity index (χ0v) is 10.4. The van der Waals surface area contributed by atoms with Crippen LogP contribution in [0.1, 0.15) is 26.2 Å². The highest BCUT2D eigenvalue weighted by Crippen LogP contribution is 2.15. The molecule has 0 aliphatic carbocycles. The van der Waals surface area contributed by atoms with Crippen LogP contribution in [0.4, 0.5) is 0 Å². The molecule has 96 valence electrons. The summed E-state index contributed by atoms with van der Waals surface area (Å²) >= 11 is 0. The molecule has 0 radical (unpaired) electrons. The van der Waals surface area contributed by atoms with Gasteiger partial charge in [0, 0.05) is 32.5 Å². The van der Waals surface area contributed by atoms with Crippen LogP contribution >= 0.6 is 0 Å². The number of amides is 2. The van der Waals surface area contributed by atoms with Crippen molar-refractivity contribution in [2.24, 2.45) is 5.92 Å². The van der Waals surface area contributed by atoms with Crippen molar-refractivity contribution in [1.82, 2.24) is 15.5 Å². The summed E-state index contributed by atoms with van der Waals surface area (Å²) in [6, 6.07) is 0.143. The average molecular weight is 239 g/mol. The van der Waals surface area contributed by atoms with Gasteiger partial charge in [-0.1, -0.05) is 0 Å². The molecule has 1 unspecified atom stereocenters. The molecular formula is C12H21N3O2. The van der Waals surface area contributed by atoms with Crippen LogP contribution in [0.5, 0.6) is 0 Å². The van der Waals surface area contributed by atoms with Crippen LogP contribution in [-0.2, 0) is 9.59 Å². The first kappa shape index (κ1) is 12.4. The lowest BCUT2D eigenvalue weighted by molar-refractivity contribution is -0.134. The van der Waals surface area contributed by atoms with Crippen molar-refractivity contribution in [2.75, 3.05) is 26.2 Å². The van der Waals surface area contributed by atoms with Crippen molar-refractivity contribution >= 4 is 11.8 Å². The summed E-state index contributed by atoms with van der Waals surface area (Å²) in [5, 5.41) is 6.08. The first-order chi connectivity index (χ1) is 8.15. The minimum Gasteiger partial charge on any atom is -0.352 e. The van der Waals surface area contributed by atoms with E-state index in [2.05, 4.69) is 10.6 Å². The van der Waals surface area contributed by atoms with Crippen molar-refractivity contribution in [3.8, 4) is 0 Å². The van der Waals surface area contributed by atoms with Gasteiger partial charge in [-0.2, -0.15) is 0 Å². The third kappa shape index (κ3) is 3.43. The van der Waals surface area contributed by atoms with Gasteiger partial charge >= 0.3 is 0 Å². The molecule has 5 heteroatoms. The number of hydrogen-bond acceptors (Lipinski definition) is 3. The standard InChI is InChI=1S/C12H21N3O2/c1-9(16)14-11-3-2-4-15(8-11)12(17)5-10-6-13-7-10/h10-11,13H,2-8H2,1H3,(H,14,16). The molecule has 2 amide bonds. The molecule has 2 N–H and O–H groups in total. The second-order valence-corrected chi connectivity index (χ2v) is 5.11. The molecule has 2 aliphatic rings. The van der Waals surface area contributed by atoms with Gasteiger partial charge in [-0.15, -0.1) is 0 Å². The van der Waals surface area contributed by atoms with Gasteiger partial charge in [0.25, 0.3) is 0 Å². The van der Waals surface area contributed by atoms with Gasteiger partial charge < -0.3 is 15.5 Å². The fourth-order valence-corrected chi connectivity index (χ4v) is 2.48. The Bertz CT molecular complexity index is 302. The molecule has 17 heavy (non-hydrogen) atoms. The van der Waals surface area contributed by atoms with Crippen molar-refractivity contribution in [3.63, 3.8) is 0 Å². The number of nitrogens with zero attached hydrogens (tertiary/aromatic N) is 1. The Balaban J connectivity index is 1.78. The maximum atomic E-state index is 12.0. The number of nitrogens with one attached hydrogen (secondary N) is 2. The van der Waals surface area contributed by atoms with Crippen molar-refractivity contribution in [3.05, 3.63) is 0 Å². The van der Waals surface area contributed by atoms with E-state index < -0.39 is 0 Å². The van der Waals surface area contributed by atoms with E-state index in [1.165, 1.54) is 6.92 Å². The highest BCUT2D eigenvalue weighted by Gasteiger charge is 2.27. The van der Waals surface area contributed by atoms with Crippen LogP contribution < -0.4 is 10.6 Å². The van der Waals surface area contributed by atoms with E-state index in [-0.39, 0.29) is 17.9 Å². The van der Waals surface area contributed by atoms with Crippen LogP contribution in [0.3, 0.4) is 0 Å². The Morgan fingerprint density at radius 1 is 1.41 bits per heavy atom. The Morgan fingerprint density at radius 2 is 2.18 bits per heavy atom. The lowest BCUT2D eigenvalue weighted by Gasteiger charge is -2.35. The normalized spacial score (nSPS) is 25.2. The van der Waals surface area contributed by atoms with Gasteiger partial charge in [0.15, 0.2) is 0 Å². The number of piperidine rings is 1. The number of carbonyl (C=O) groups is 2. The lowest BCUT2D eigenvalue weighted by atomic mass is 9.97. The molecule has 2 heterocycles. The lowest BCUT2D eigenvalue weighted by Crippen LogP contribution is -2.51. The Labute approximate surface area is 102 Å². The van der Waals surface area contributed by atoms with E-state index in [9.17, 15) is 9.59 Å². The number of hydrogen-bond donors (Lipinski definition) is 2. The van der Waals surface area contributed by atoms with E-state index in [0.29, 0.717) is 18.9 Å². The fraction of sp³-hybridized carbons (Fsp3) is 0.833. The molecule has 0 aromatic rings. The van der Waals surface area contributed by atoms with Gasteiger partial charge in [0.1, 0.15) is 0 Å². The maximum absolute atomic E-state index is 12.0. The topological polar surface area (TPSA) is 61.4 Å². The van der Waals surface area contributed by atoms with Gasteiger partial charge in [0.2, 0.25) is 11.8 Å². The summed E-state index contributed by atoms with van der Waals surface area (Å²) in [6.07, 6.45) is 2.62. The van der Waals surface area contributed by atoms with Gasteiger partial charge in [-0.05, 0) is 31.8 Å². The zero-order chi connectivity index (χ0) is 12.3. The van der Waals surface area contributed by atoms with Crippen LogP contribution in [0.15, 0.2) is 0 Å². The number of carbonyl (C=O) groups excluding carboxylic acids is 2. The van der Waals surface area contributed by atoms with Gasteiger partial charge in [-0.3, -0.25) is 9.59 Å². The summed E-state index contributed by atoms with van der Waals surface area (Å²) in [7, 11) is 0. The highest BCUT2D eigenvalue weighted by molar-refractivity contribution is 5.77. The molecule has 0 spiro atoms. The second-order valence-electron chi connectivity index (χ2n) is 5.11. The predicted octanol–water partition coefficient (Wildman–Crippen LogP) is -0.277. The van der Waals surface area contributed by atoms with E-state index >= 15 is 0 Å². The van der Waals surface area contributed by atoms with Gasteiger partial charge in [-0.25, -0.2) is 0 Å². The largest absolute Gasteiger partial charge is 0.352 e. The van der Waals surface area contributed by atoms with E-state index in [0.717, 1.165) is 32.5 Å². The smallest absolute Gasteiger partial charge is 0.223 e.